The Morgan fingerprint density at radius 3 is 2.50 bits per heavy atom. The second kappa shape index (κ2) is 6.82. The predicted molar refractivity (Wildman–Crippen MR) is 86.1 cm³/mol. The Morgan fingerprint density at radius 1 is 1.12 bits per heavy atom. The predicted octanol–water partition coefficient (Wildman–Crippen LogP) is 1.91. The molecular formula is C17H16N4O3. The van der Waals surface area contributed by atoms with Gasteiger partial charge < -0.3 is 4.42 Å². The van der Waals surface area contributed by atoms with E-state index in [4.69, 9.17) is 4.42 Å². The number of nitrogens with zero attached hydrogens (tertiary/aromatic N) is 2. The smallest absolute Gasteiger partial charge is 0.273 e. The van der Waals surface area contributed by atoms with Crippen LogP contribution in [0, 0.1) is 6.92 Å². The third-order valence-corrected chi connectivity index (χ3v) is 3.51. The summed E-state index contributed by atoms with van der Waals surface area (Å²) >= 11 is 0. The second-order valence-electron chi connectivity index (χ2n) is 5.20. The molecule has 2 N–H and O–H groups in total. The molecule has 2 amide bonds. The van der Waals surface area contributed by atoms with Crippen LogP contribution in [-0.4, -0.2) is 21.6 Å². The van der Waals surface area contributed by atoms with Gasteiger partial charge in [-0.2, -0.15) is 5.10 Å². The summed E-state index contributed by atoms with van der Waals surface area (Å²) in [5.74, 6) is -0.329. The lowest BCUT2D eigenvalue weighted by Crippen LogP contribution is -2.41. The molecule has 0 spiro atoms. The van der Waals surface area contributed by atoms with Crippen molar-refractivity contribution in [2.24, 2.45) is 0 Å². The van der Waals surface area contributed by atoms with Crippen LogP contribution >= 0.6 is 0 Å². The minimum absolute atomic E-state index is 0.380. The van der Waals surface area contributed by atoms with Crippen LogP contribution < -0.4 is 10.9 Å². The standard InChI is InChI=1S/C17H16N4O3/c1-12-15(7-10-24-12)17(23)20-19-16(22)14-5-3-13(4-6-14)11-21-9-2-8-18-21/h2-10H,11H2,1H3,(H,19,22)(H,20,23). The summed E-state index contributed by atoms with van der Waals surface area (Å²) in [5, 5.41) is 4.13. The number of benzene rings is 1. The monoisotopic (exact) mass is 324 g/mol. The van der Waals surface area contributed by atoms with Gasteiger partial charge in [0.25, 0.3) is 11.8 Å². The molecule has 0 atom stereocenters. The molecule has 0 bridgehead atoms. The normalized spacial score (nSPS) is 10.4. The highest BCUT2D eigenvalue weighted by Crippen LogP contribution is 2.08. The van der Waals surface area contributed by atoms with E-state index in [2.05, 4.69) is 16.0 Å². The molecule has 0 radical (unpaired) electrons. The molecule has 0 aliphatic rings. The van der Waals surface area contributed by atoms with Gasteiger partial charge in [-0.15, -0.1) is 0 Å². The minimum Gasteiger partial charge on any atom is -0.469 e. The minimum atomic E-state index is -0.426. The maximum Gasteiger partial charge on any atom is 0.273 e. The number of carbonyl (C=O) groups is 2. The van der Waals surface area contributed by atoms with Gasteiger partial charge >= 0.3 is 0 Å². The molecular weight excluding hydrogens is 308 g/mol. The molecule has 0 fully saturated rings. The molecule has 24 heavy (non-hydrogen) atoms. The fraction of sp³-hybridized carbons (Fsp3) is 0.118. The van der Waals surface area contributed by atoms with Crippen molar-refractivity contribution >= 4 is 11.8 Å². The van der Waals surface area contributed by atoms with E-state index in [1.165, 1.54) is 6.26 Å². The highest BCUT2D eigenvalue weighted by molar-refractivity contribution is 5.99. The first kappa shape index (κ1) is 15.5. The van der Waals surface area contributed by atoms with E-state index >= 15 is 0 Å². The Labute approximate surface area is 138 Å². The fourth-order valence-electron chi connectivity index (χ4n) is 2.22. The molecule has 2 heterocycles. The van der Waals surface area contributed by atoms with Crippen molar-refractivity contribution in [3.8, 4) is 0 Å². The molecule has 7 heteroatoms. The topological polar surface area (TPSA) is 89.2 Å². The molecule has 0 saturated carbocycles. The Bertz CT molecular complexity index is 835. The Morgan fingerprint density at radius 2 is 1.88 bits per heavy atom. The van der Waals surface area contributed by atoms with E-state index in [1.54, 1.807) is 36.0 Å². The number of rotatable bonds is 4. The summed E-state index contributed by atoms with van der Waals surface area (Å²) in [6.45, 7) is 2.31. The van der Waals surface area contributed by atoms with E-state index in [1.807, 2.05) is 24.4 Å². The molecule has 3 aromatic rings. The van der Waals surface area contributed by atoms with Crippen molar-refractivity contribution in [1.82, 2.24) is 20.6 Å². The van der Waals surface area contributed by atoms with Crippen LogP contribution in [0.25, 0.3) is 0 Å². The highest BCUT2D eigenvalue weighted by atomic mass is 16.3. The zero-order valence-electron chi connectivity index (χ0n) is 13.0. The van der Waals surface area contributed by atoms with Crippen LogP contribution in [-0.2, 0) is 6.54 Å². The average Bonchev–Trinajstić information content (AvgIpc) is 3.24. The van der Waals surface area contributed by atoms with Crippen molar-refractivity contribution in [3.63, 3.8) is 0 Å². The van der Waals surface area contributed by atoms with Crippen molar-refractivity contribution in [3.05, 3.63) is 77.5 Å². The number of hydrazine groups is 1. The Balaban J connectivity index is 1.57. The van der Waals surface area contributed by atoms with Gasteiger partial charge in [0.2, 0.25) is 0 Å². The number of carbonyl (C=O) groups excluding carboxylic acids is 2. The summed E-state index contributed by atoms with van der Waals surface area (Å²) in [4.78, 5) is 24.0. The highest BCUT2D eigenvalue weighted by Gasteiger charge is 2.12. The van der Waals surface area contributed by atoms with E-state index < -0.39 is 11.8 Å². The van der Waals surface area contributed by atoms with E-state index in [0.717, 1.165) is 5.56 Å². The average molecular weight is 324 g/mol. The van der Waals surface area contributed by atoms with Crippen LogP contribution in [0.4, 0.5) is 0 Å². The summed E-state index contributed by atoms with van der Waals surface area (Å²) in [5.41, 5.74) is 6.59. The molecule has 122 valence electrons. The molecule has 2 aromatic heterocycles. The maximum absolute atomic E-state index is 12.1. The van der Waals surface area contributed by atoms with Crippen molar-refractivity contribution in [1.29, 1.82) is 0 Å². The summed E-state index contributed by atoms with van der Waals surface area (Å²) in [6.07, 6.45) is 5.00. The van der Waals surface area contributed by atoms with Gasteiger partial charge in [-0.1, -0.05) is 12.1 Å². The van der Waals surface area contributed by atoms with Crippen LogP contribution in [0.3, 0.4) is 0 Å². The number of hydrogen-bond acceptors (Lipinski definition) is 4. The lowest BCUT2D eigenvalue weighted by Gasteiger charge is -2.08. The lowest BCUT2D eigenvalue weighted by molar-refractivity contribution is 0.0845. The van der Waals surface area contributed by atoms with Crippen LogP contribution in [0.1, 0.15) is 32.0 Å². The number of aromatic nitrogens is 2. The molecule has 1 aromatic carbocycles. The van der Waals surface area contributed by atoms with Crippen molar-refractivity contribution in [2.45, 2.75) is 13.5 Å². The molecule has 0 saturated heterocycles. The van der Waals surface area contributed by atoms with Gasteiger partial charge in [0, 0.05) is 18.0 Å². The van der Waals surface area contributed by atoms with Gasteiger partial charge in [-0.05, 0) is 36.8 Å². The van der Waals surface area contributed by atoms with E-state index in [-0.39, 0.29) is 0 Å². The van der Waals surface area contributed by atoms with E-state index in [0.29, 0.717) is 23.4 Å². The molecule has 3 rings (SSSR count). The molecule has 7 nitrogen and oxygen atoms in total. The van der Waals surface area contributed by atoms with Crippen LogP contribution in [0.2, 0.25) is 0 Å². The van der Waals surface area contributed by atoms with Crippen molar-refractivity contribution < 1.29 is 14.0 Å². The second-order valence-corrected chi connectivity index (χ2v) is 5.20. The third kappa shape index (κ3) is 3.52. The third-order valence-electron chi connectivity index (χ3n) is 3.51. The maximum atomic E-state index is 12.1. The first-order valence-electron chi connectivity index (χ1n) is 7.34. The van der Waals surface area contributed by atoms with E-state index in [9.17, 15) is 9.59 Å². The van der Waals surface area contributed by atoms with Gasteiger partial charge in [-0.3, -0.25) is 25.1 Å². The number of aryl methyl sites for hydroxylation is 1. The van der Waals surface area contributed by atoms with Gasteiger partial charge in [0.05, 0.1) is 18.4 Å². The molecule has 0 unspecified atom stereocenters. The lowest BCUT2D eigenvalue weighted by atomic mass is 10.1. The first-order chi connectivity index (χ1) is 11.6. The van der Waals surface area contributed by atoms with Crippen LogP contribution in [0.15, 0.2) is 59.5 Å². The number of furan rings is 1. The fourth-order valence-corrected chi connectivity index (χ4v) is 2.22. The largest absolute Gasteiger partial charge is 0.469 e. The van der Waals surface area contributed by atoms with Gasteiger partial charge in [0.15, 0.2) is 0 Å². The van der Waals surface area contributed by atoms with Gasteiger partial charge in [0.1, 0.15) is 5.76 Å². The summed E-state index contributed by atoms with van der Waals surface area (Å²) in [6, 6.07) is 10.5. The molecule has 0 aliphatic carbocycles. The Kier molecular flexibility index (Phi) is 4.42. The quantitative estimate of drug-likeness (QED) is 0.717. The number of hydrogen-bond donors (Lipinski definition) is 2. The SMILES string of the molecule is Cc1occc1C(=O)NNC(=O)c1ccc(Cn2cccn2)cc1. The molecule has 0 aliphatic heterocycles. The number of nitrogens with one attached hydrogen (secondary N) is 2. The van der Waals surface area contributed by atoms with Crippen molar-refractivity contribution in [2.75, 3.05) is 0 Å². The zero-order valence-corrected chi connectivity index (χ0v) is 13.0. The number of amides is 2. The van der Waals surface area contributed by atoms with Crippen LogP contribution in [0.5, 0.6) is 0 Å². The van der Waals surface area contributed by atoms with Gasteiger partial charge in [-0.25, -0.2) is 0 Å². The zero-order chi connectivity index (χ0) is 16.9. The first-order valence-corrected chi connectivity index (χ1v) is 7.34. The summed E-state index contributed by atoms with van der Waals surface area (Å²) in [7, 11) is 0. The Hall–Kier alpha value is -3.35. The summed E-state index contributed by atoms with van der Waals surface area (Å²) < 4.78 is 6.85.